The fourth-order valence-corrected chi connectivity index (χ4v) is 2.07. The highest BCUT2D eigenvalue weighted by atomic mass is 35.5. The lowest BCUT2D eigenvalue weighted by Gasteiger charge is -2.04. The van der Waals surface area contributed by atoms with E-state index in [1.807, 2.05) is 13.8 Å². The van der Waals surface area contributed by atoms with Crippen LogP contribution < -0.4 is 0 Å². The van der Waals surface area contributed by atoms with Gasteiger partial charge >= 0.3 is 0 Å². The van der Waals surface area contributed by atoms with Crippen LogP contribution in [-0.2, 0) is 16.5 Å². The Morgan fingerprint density at radius 1 is 1.21 bits per heavy atom. The maximum absolute atomic E-state index is 13.1. The van der Waals surface area contributed by atoms with Gasteiger partial charge in [-0.25, -0.2) is 4.39 Å². The minimum absolute atomic E-state index is 0.175. The van der Waals surface area contributed by atoms with E-state index in [4.69, 9.17) is 16.2 Å². The summed E-state index contributed by atoms with van der Waals surface area (Å²) in [5.74, 6) is -0.690. The third-order valence-corrected chi connectivity index (χ3v) is 3.08. The molecule has 0 aliphatic heterocycles. The van der Waals surface area contributed by atoms with E-state index >= 15 is 0 Å². The van der Waals surface area contributed by atoms with Crippen molar-refractivity contribution in [3.8, 4) is 0 Å². The Bertz CT molecular complexity index is 473. The van der Waals surface area contributed by atoms with Crippen LogP contribution in [0.5, 0.6) is 0 Å². The molecule has 0 saturated heterocycles. The quantitative estimate of drug-likeness (QED) is 0.803. The smallest absolute Gasteiger partial charge is 0.282 e. The second-order valence-corrected chi connectivity index (χ2v) is 5.21. The Kier molecular flexibility index (Phi) is 11.1. The van der Waals surface area contributed by atoms with Crippen LogP contribution in [0.25, 0.3) is 0 Å². The van der Waals surface area contributed by atoms with Crippen LogP contribution in [0.1, 0.15) is 46.6 Å². The Labute approximate surface area is 120 Å². The second kappa shape index (κ2) is 10.2. The van der Waals surface area contributed by atoms with Crippen LogP contribution in [0.3, 0.4) is 0 Å². The molecule has 0 radical (unpaired) electrons. The normalized spacial score (nSPS) is 9.89. The van der Waals surface area contributed by atoms with Crippen molar-refractivity contribution in [2.45, 2.75) is 52.4 Å². The molecule has 0 atom stereocenters. The Balaban J connectivity index is 0. The molecular weight excluding hydrogens is 291 g/mol. The van der Waals surface area contributed by atoms with Crippen molar-refractivity contribution in [1.82, 2.24) is 0 Å². The number of hydrogen-bond acceptors (Lipinski definition) is 2. The highest BCUT2D eigenvalue weighted by Gasteiger charge is 2.17. The Hall–Kier alpha value is -0.650. The summed E-state index contributed by atoms with van der Waals surface area (Å²) >= 11 is 5.56. The van der Waals surface area contributed by atoms with Gasteiger partial charge in [-0.2, -0.15) is 8.42 Å². The second-order valence-electron chi connectivity index (χ2n) is 3.41. The Morgan fingerprint density at radius 2 is 1.63 bits per heavy atom. The predicted octanol–water partition coefficient (Wildman–Crippen LogP) is 4.73. The lowest BCUT2D eigenvalue weighted by molar-refractivity contribution is 0.481. The van der Waals surface area contributed by atoms with Crippen LogP contribution in [0, 0.1) is 5.82 Å². The number of benzene rings is 1. The van der Waals surface area contributed by atoms with Crippen LogP contribution in [0.15, 0.2) is 17.0 Å². The average Bonchev–Trinajstić information content (AvgIpc) is 2.34. The molecular formula is C13H22ClFO3S. The van der Waals surface area contributed by atoms with Crippen molar-refractivity contribution in [2.75, 3.05) is 0 Å². The molecule has 1 rings (SSSR count). The molecule has 0 aliphatic carbocycles. The first-order valence-corrected chi connectivity index (χ1v) is 8.05. The molecule has 1 aromatic carbocycles. The Morgan fingerprint density at radius 3 is 1.95 bits per heavy atom. The third-order valence-electron chi connectivity index (χ3n) is 1.76. The van der Waals surface area contributed by atoms with E-state index in [9.17, 15) is 12.8 Å². The van der Waals surface area contributed by atoms with E-state index in [1.54, 1.807) is 6.92 Å². The molecule has 3 nitrogen and oxygen atoms in total. The van der Waals surface area contributed by atoms with Gasteiger partial charge in [-0.3, -0.25) is 4.55 Å². The zero-order valence-electron chi connectivity index (χ0n) is 12.0. The molecule has 0 spiro atoms. The first-order valence-electron chi connectivity index (χ1n) is 6.23. The standard InChI is InChI=1S/C8H8ClFO3S.C3H8.C2H6/c1-2-5-3-6(9)8(4-7(5)10)14(11,12)13;1-3-2;1-2/h3-4H,2H2,1H3,(H,11,12,13);3H2,1-2H3;1-2H3. The van der Waals surface area contributed by atoms with Crippen molar-refractivity contribution >= 4 is 21.7 Å². The first-order chi connectivity index (χ1) is 8.77. The molecule has 0 bridgehead atoms. The van der Waals surface area contributed by atoms with Gasteiger partial charge < -0.3 is 0 Å². The summed E-state index contributed by atoms with van der Waals surface area (Å²) in [4.78, 5) is -0.603. The van der Waals surface area contributed by atoms with E-state index in [0.29, 0.717) is 12.0 Å². The van der Waals surface area contributed by atoms with Crippen molar-refractivity contribution in [3.05, 3.63) is 28.5 Å². The summed E-state index contributed by atoms with van der Waals surface area (Å²) in [6.45, 7) is 9.96. The minimum Gasteiger partial charge on any atom is -0.282 e. The largest absolute Gasteiger partial charge is 0.296 e. The summed E-state index contributed by atoms with van der Waals surface area (Å²) in [6, 6.07) is 1.91. The molecule has 0 aliphatic rings. The fourth-order valence-electron chi connectivity index (χ4n) is 1.04. The molecule has 0 saturated carbocycles. The zero-order valence-corrected chi connectivity index (χ0v) is 13.6. The van der Waals surface area contributed by atoms with E-state index in [-0.39, 0.29) is 5.02 Å². The summed E-state index contributed by atoms with van der Waals surface area (Å²) < 4.78 is 43.2. The maximum atomic E-state index is 13.1. The van der Waals surface area contributed by atoms with E-state index < -0.39 is 20.8 Å². The molecule has 112 valence electrons. The summed E-state index contributed by atoms with van der Waals surface area (Å²) in [5, 5.41) is -0.175. The van der Waals surface area contributed by atoms with Gasteiger partial charge in [0.15, 0.2) is 0 Å². The van der Waals surface area contributed by atoms with Gasteiger partial charge in [0.2, 0.25) is 0 Å². The van der Waals surface area contributed by atoms with E-state index in [1.165, 1.54) is 12.5 Å². The molecule has 1 aromatic rings. The van der Waals surface area contributed by atoms with Crippen molar-refractivity contribution in [3.63, 3.8) is 0 Å². The van der Waals surface area contributed by atoms with Crippen LogP contribution in [0.4, 0.5) is 4.39 Å². The first kappa shape index (κ1) is 20.7. The number of rotatable bonds is 2. The molecule has 19 heavy (non-hydrogen) atoms. The van der Waals surface area contributed by atoms with Crippen molar-refractivity contribution < 1.29 is 17.4 Å². The van der Waals surface area contributed by atoms with Crippen LogP contribution >= 0.6 is 11.6 Å². The lowest BCUT2D eigenvalue weighted by atomic mass is 10.1. The minimum atomic E-state index is -4.45. The molecule has 1 N–H and O–H groups in total. The highest BCUT2D eigenvalue weighted by molar-refractivity contribution is 7.86. The monoisotopic (exact) mass is 312 g/mol. The van der Waals surface area contributed by atoms with Gasteiger partial charge in [-0.1, -0.05) is 52.6 Å². The van der Waals surface area contributed by atoms with Gasteiger partial charge in [-0.05, 0) is 24.1 Å². The average molecular weight is 313 g/mol. The maximum Gasteiger partial charge on any atom is 0.296 e. The molecule has 0 aromatic heterocycles. The lowest BCUT2D eigenvalue weighted by Crippen LogP contribution is -2.01. The molecule has 0 heterocycles. The zero-order chi connectivity index (χ0) is 15.6. The molecule has 6 heteroatoms. The molecule has 0 fully saturated rings. The highest BCUT2D eigenvalue weighted by Crippen LogP contribution is 2.24. The van der Waals surface area contributed by atoms with Crippen LogP contribution in [0.2, 0.25) is 5.02 Å². The van der Waals surface area contributed by atoms with Gasteiger partial charge in [0.05, 0.1) is 5.02 Å². The number of halogens is 2. The van der Waals surface area contributed by atoms with Crippen molar-refractivity contribution in [2.24, 2.45) is 0 Å². The molecule has 0 amide bonds. The molecule has 0 unspecified atom stereocenters. The fraction of sp³-hybridized carbons (Fsp3) is 0.538. The topological polar surface area (TPSA) is 54.4 Å². The summed E-state index contributed by atoms with van der Waals surface area (Å²) in [7, 11) is -4.45. The van der Waals surface area contributed by atoms with Gasteiger partial charge in [0, 0.05) is 0 Å². The van der Waals surface area contributed by atoms with Gasteiger partial charge in [0.1, 0.15) is 10.7 Å². The van der Waals surface area contributed by atoms with E-state index in [2.05, 4.69) is 13.8 Å². The van der Waals surface area contributed by atoms with Gasteiger partial charge in [0.25, 0.3) is 10.1 Å². The number of aryl methyl sites for hydroxylation is 1. The van der Waals surface area contributed by atoms with Crippen LogP contribution in [-0.4, -0.2) is 13.0 Å². The van der Waals surface area contributed by atoms with E-state index in [0.717, 1.165) is 6.07 Å². The third kappa shape index (κ3) is 7.50. The summed E-state index contributed by atoms with van der Waals surface area (Å²) in [6.07, 6.45) is 1.65. The van der Waals surface area contributed by atoms with Gasteiger partial charge in [-0.15, -0.1) is 0 Å². The summed E-state index contributed by atoms with van der Waals surface area (Å²) in [5.41, 5.74) is 0.308. The predicted molar refractivity (Wildman–Crippen MR) is 77.9 cm³/mol. The number of hydrogen-bond donors (Lipinski definition) is 1. The van der Waals surface area contributed by atoms with Crippen molar-refractivity contribution in [1.29, 1.82) is 0 Å². The SMILES string of the molecule is CC.CCC.CCc1cc(Cl)c(S(=O)(=O)O)cc1F.